The quantitative estimate of drug-likeness (QED) is 0.0649. The molecule has 4 amide bonds. The predicted octanol–water partition coefficient (Wildman–Crippen LogP) is 6.84. The summed E-state index contributed by atoms with van der Waals surface area (Å²) in [6.45, 7) is 49.7. The number of nitrogens with one attached hydrogen (secondary N) is 1. The number of morpholine rings is 4. The number of ether oxygens (including phenoxy) is 8. The zero-order valence-corrected chi connectivity index (χ0v) is 68.7. The van der Waals surface area contributed by atoms with Crippen LogP contribution in [0, 0.1) is 27.0 Å². The minimum Gasteiger partial charge on any atom is -0.444 e. The van der Waals surface area contributed by atoms with Crippen LogP contribution in [-0.4, -0.2) is 224 Å². The molecule has 4 fully saturated rings. The Balaban J connectivity index is 0.00000126. The molecule has 5 N–H and O–H groups in total. The van der Waals surface area contributed by atoms with E-state index >= 15 is 0 Å². The number of hydrogen-bond donors (Lipinski definition) is 3. The van der Waals surface area contributed by atoms with Crippen LogP contribution in [0.4, 0.5) is 19.2 Å². The number of hydrogen-bond acceptors (Lipinski definition) is 20. The van der Waals surface area contributed by atoms with Gasteiger partial charge in [0, 0.05) is 44.8 Å². The minimum absolute atomic E-state index is 0. The number of nitrogens with zero attached hydrogens (tertiary/aromatic N) is 8. The molecular weight excluding hydrogens is 1390 g/mol. The fraction of sp³-hybridized carbons (Fsp3) is 0.700. The molecular formula is C70H120LiN11O16S4. The molecule has 0 radical (unpaired) electrons. The van der Waals surface area contributed by atoms with Crippen molar-refractivity contribution in [2.24, 2.45) is 15.3 Å². The van der Waals surface area contributed by atoms with Gasteiger partial charge in [-0.15, -0.1) is 5.56 Å². The van der Waals surface area contributed by atoms with Gasteiger partial charge >= 0.3 is 43.2 Å². The summed E-state index contributed by atoms with van der Waals surface area (Å²) in [6.07, 6.45) is 7.26. The van der Waals surface area contributed by atoms with E-state index in [2.05, 4.69) is 30.3 Å². The summed E-state index contributed by atoms with van der Waals surface area (Å²) < 4.78 is 84.8. The molecule has 32 heteroatoms. The molecule has 7 heterocycles. The van der Waals surface area contributed by atoms with Crippen LogP contribution in [0.2, 0.25) is 0 Å². The van der Waals surface area contributed by atoms with Crippen molar-refractivity contribution in [3.8, 4) is 0 Å². The average molecular weight is 1510 g/mol. The van der Waals surface area contributed by atoms with Crippen LogP contribution in [0.3, 0.4) is 0 Å². The fourth-order valence-corrected chi connectivity index (χ4v) is 9.51. The first kappa shape index (κ1) is 97.0. The number of aryl methyl sites for hydroxylation is 3. The van der Waals surface area contributed by atoms with E-state index in [1.54, 1.807) is 39.4 Å². The molecule has 0 saturated carbocycles. The van der Waals surface area contributed by atoms with E-state index in [4.69, 9.17) is 48.8 Å². The molecule has 2 unspecified atom stereocenters. The number of nitrogens with two attached hydrogens (primary N) is 2. The predicted molar refractivity (Wildman–Crippen MR) is 402 cm³/mol. The Kier molecular flexibility index (Phi) is 42.0. The summed E-state index contributed by atoms with van der Waals surface area (Å²) in [6, 6.07) is 10.7. The maximum atomic E-state index is 12.8. The Labute approximate surface area is 634 Å². The van der Waals surface area contributed by atoms with Crippen molar-refractivity contribution in [1.82, 2.24) is 39.3 Å². The van der Waals surface area contributed by atoms with Crippen LogP contribution in [0.1, 0.15) is 186 Å². The summed E-state index contributed by atoms with van der Waals surface area (Å²) in [5.74, 6) is 0. The molecule has 9 atom stereocenters. The number of carbonyl (C=O) groups is 5. The van der Waals surface area contributed by atoms with Crippen LogP contribution >= 0.6 is 13.5 Å². The standard InChI is InChI=1S/C20H33N3O4S.C16H25N3O3.C14H26N2O4S.C10H17NO4.C6H6N.C4H11NOS.Li.H2S/c1-14-8-9-15(21-12-14)17(22-28(25)20(5,6)7)16-13-23(10-11-26-16)18(24)27-19(2,3)4;1-11-5-6-12(18-9-11)14(17)13-10-19(7-8-21-13)15(20)22-16(2,3)4;1-13(2,3)20-12(17)16-7-8-19-11(10-16)9-15-21(18)14(4,5)6;1-10(2,3)15-9(13)11-4-5-14-8(6-11)7-12;1-6-3-2-4-7-5-6;1-4(2,3)7(5)6;;/h8-9,12,16-17,22H,10-11,13H2,1-7H3;5-6,9,13-14H,7-8,10,17H2,1-4H3;9,11H,7-8,10H2,1-6H3;7-8H,4-6H2,1-3H3;2-3,5H,1H3;5H2,1-3H3;;1H2/q;;;;-1;;+1;/t16-,17?,28-;13-,14?;11-,21+;8-;;7-;;/m0010.0../s1. The summed E-state index contributed by atoms with van der Waals surface area (Å²) in [5, 5.41) is 5.04. The molecule has 0 aliphatic carbocycles. The molecule has 0 spiro atoms. The Hall–Kier alpha value is -5.01. The molecule has 4 aliphatic rings. The van der Waals surface area contributed by atoms with Crippen molar-refractivity contribution in [2.75, 3.05) is 78.8 Å². The van der Waals surface area contributed by atoms with Crippen molar-refractivity contribution in [3.05, 3.63) is 89.3 Å². The second-order valence-electron chi connectivity index (χ2n) is 31.0. The summed E-state index contributed by atoms with van der Waals surface area (Å²) in [5.41, 5.74) is 8.95. The van der Waals surface area contributed by atoms with Gasteiger partial charge in [-0.05, 0) is 183 Å². The van der Waals surface area contributed by atoms with Gasteiger partial charge in [0.2, 0.25) is 0 Å². The number of rotatable bonds is 9. The van der Waals surface area contributed by atoms with Crippen LogP contribution in [0.5, 0.6) is 0 Å². The van der Waals surface area contributed by atoms with Crippen molar-refractivity contribution >= 4 is 83.3 Å². The summed E-state index contributed by atoms with van der Waals surface area (Å²) in [7, 11) is -3.82. The summed E-state index contributed by atoms with van der Waals surface area (Å²) >= 11 is 0. The molecule has 27 nitrogen and oxygen atoms in total. The topological polar surface area (TPSA) is 338 Å². The van der Waals surface area contributed by atoms with E-state index in [9.17, 15) is 36.6 Å². The van der Waals surface area contributed by atoms with Gasteiger partial charge in [-0.2, -0.15) is 30.0 Å². The number of aldehydes is 1. The number of pyridine rings is 3. The Morgan fingerprint density at radius 2 is 0.912 bits per heavy atom. The van der Waals surface area contributed by atoms with Gasteiger partial charge in [0.1, 0.15) is 45.6 Å². The maximum Gasteiger partial charge on any atom is 1.00 e. The van der Waals surface area contributed by atoms with Gasteiger partial charge in [0.15, 0.2) is 6.29 Å². The Bertz CT molecular complexity index is 3100. The largest absolute Gasteiger partial charge is 1.00 e. The van der Waals surface area contributed by atoms with Gasteiger partial charge in [0.25, 0.3) is 0 Å². The SMILES string of the molecule is CC(C)(C)OC(=O)N1CCO[C@H](C=N[S@@](=O)C(C)(C)C)C1.CC(C)(C)OC(=O)N1CCO[C@H](C=O)C1.CC(C)(C)[S@@](N)=O.Cc1cc[c-]nc1.Cc1ccc(C(N)[C@@H]2CN(C(=O)OC(C)(C)C)CCO2)nc1.Cc1ccc(C(N[S@@](=O)C(C)(C)C)[C@@H]2CN(C(=O)OC(C)(C)C)CCO2)nc1.S.[Li+]. The molecule has 0 aromatic carbocycles. The first-order valence-electron chi connectivity index (χ1n) is 33.4. The Morgan fingerprint density at radius 1 is 0.549 bits per heavy atom. The van der Waals surface area contributed by atoms with Gasteiger partial charge in [-0.25, -0.2) is 36.5 Å². The average Bonchev–Trinajstić information content (AvgIpc) is 0.822. The van der Waals surface area contributed by atoms with Crippen molar-refractivity contribution in [2.45, 2.75) is 239 Å². The van der Waals surface area contributed by atoms with Crippen molar-refractivity contribution < 1.29 is 93.4 Å². The van der Waals surface area contributed by atoms with Crippen molar-refractivity contribution in [1.29, 1.82) is 0 Å². The second-order valence-corrected chi connectivity index (χ2v) is 36.7. The zero-order valence-electron chi connectivity index (χ0n) is 65.3. The molecule has 4 aliphatic heterocycles. The van der Waals surface area contributed by atoms with Gasteiger partial charge < -0.3 is 73.0 Å². The number of aromatic nitrogens is 3. The van der Waals surface area contributed by atoms with Gasteiger partial charge in [-0.1, -0.05) is 31.5 Å². The van der Waals surface area contributed by atoms with E-state index in [0.29, 0.717) is 78.5 Å². The van der Waals surface area contributed by atoms with E-state index in [1.165, 1.54) is 16.7 Å². The molecule has 3 aromatic rings. The van der Waals surface area contributed by atoms with Crippen LogP contribution in [-0.2, 0) is 75.6 Å². The van der Waals surface area contributed by atoms with Gasteiger partial charge in [-0.3, -0.25) is 15.1 Å². The molecule has 576 valence electrons. The monoisotopic (exact) mass is 1510 g/mol. The summed E-state index contributed by atoms with van der Waals surface area (Å²) in [4.78, 5) is 77.7. The number of carbonyl (C=O) groups excluding carboxylic acids is 5. The second kappa shape index (κ2) is 44.2. The van der Waals surface area contributed by atoms with E-state index in [0.717, 1.165) is 22.5 Å². The zero-order chi connectivity index (χ0) is 76.4. The van der Waals surface area contributed by atoms with Crippen LogP contribution in [0.25, 0.3) is 0 Å². The fourth-order valence-electron chi connectivity index (χ4n) is 8.09. The third-order valence-electron chi connectivity index (χ3n) is 13.4. The smallest absolute Gasteiger partial charge is 0.444 e. The molecule has 7 rings (SSSR count). The molecule has 3 aromatic heterocycles. The van der Waals surface area contributed by atoms with Crippen molar-refractivity contribution in [3.63, 3.8) is 0 Å². The normalized spacial score (nSPS) is 19.7. The molecule has 0 bridgehead atoms. The van der Waals surface area contributed by atoms with Gasteiger partial charge in [0.05, 0.1) is 124 Å². The number of amides is 4. The van der Waals surface area contributed by atoms with E-state index < -0.39 is 83.1 Å². The first-order chi connectivity index (χ1) is 45.9. The molecule has 4 saturated heterocycles. The minimum atomic E-state index is -1.32. The first-order valence-corrected chi connectivity index (χ1v) is 36.9. The third-order valence-corrected chi connectivity index (χ3v) is 17.6. The molecule has 102 heavy (non-hydrogen) atoms. The van der Waals surface area contributed by atoms with E-state index in [-0.39, 0.29) is 86.3 Å². The van der Waals surface area contributed by atoms with Crippen LogP contribution < -0.4 is 34.5 Å². The maximum absolute atomic E-state index is 12.8. The third kappa shape index (κ3) is 40.5. The van der Waals surface area contributed by atoms with Crippen LogP contribution in [0.15, 0.2) is 59.4 Å². The van der Waals surface area contributed by atoms with E-state index in [1.807, 2.05) is 197 Å². The Morgan fingerprint density at radius 3 is 1.25 bits per heavy atom.